The van der Waals surface area contributed by atoms with Crippen LogP contribution in [0.1, 0.15) is 33.3 Å². The Morgan fingerprint density at radius 1 is 1.50 bits per heavy atom. The normalized spacial score (nSPS) is 12.3. The highest BCUT2D eigenvalue weighted by Crippen LogP contribution is 2.23. The zero-order valence-corrected chi connectivity index (χ0v) is 14.3. The lowest BCUT2D eigenvalue weighted by atomic mass is 10.1. The van der Waals surface area contributed by atoms with E-state index in [2.05, 4.69) is 4.99 Å². The number of nitrogens with one attached hydrogen (secondary N) is 1. The molecular weight excluding hydrogens is 313 g/mol. The fourth-order valence-electron chi connectivity index (χ4n) is 1.85. The van der Waals surface area contributed by atoms with Crippen molar-refractivity contribution in [2.75, 3.05) is 5.01 Å². The molecule has 0 aliphatic rings. The Hall–Kier alpha value is -2.45. The molecule has 24 heavy (non-hydrogen) atoms. The second-order valence-electron chi connectivity index (χ2n) is 5.35. The molecule has 0 aromatic heterocycles. The van der Waals surface area contributed by atoms with Crippen molar-refractivity contribution in [1.82, 2.24) is 5.43 Å². The van der Waals surface area contributed by atoms with Crippen molar-refractivity contribution in [2.45, 2.75) is 40.3 Å². The zero-order valence-electron chi connectivity index (χ0n) is 14.3. The number of hydrazine groups is 2. The number of hydrogen-bond donors (Lipinski definition) is 3. The molecule has 0 bridgehead atoms. The van der Waals surface area contributed by atoms with E-state index in [1.807, 2.05) is 39.2 Å². The van der Waals surface area contributed by atoms with Gasteiger partial charge in [0.05, 0.1) is 11.3 Å². The van der Waals surface area contributed by atoms with E-state index in [9.17, 15) is 9.18 Å². The van der Waals surface area contributed by atoms with E-state index in [0.29, 0.717) is 5.90 Å². The molecule has 0 heterocycles. The summed E-state index contributed by atoms with van der Waals surface area (Å²) in [6.07, 6.45) is 1.85. The molecule has 0 spiro atoms. The molecule has 132 valence electrons. The lowest BCUT2D eigenvalue weighted by molar-refractivity contribution is 0.246. The first kappa shape index (κ1) is 19.6. The fraction of sp³-hybridized carbons (Fsp3) is 0.375. The smallest absolute Gasteiger partial charge is 0.350 e. The summed E-state index contributed by atoms with van der Waals surface area (Å²) in [5.74, 6) is 10.6. The zero-order chi connectivity index (χ0) is 18.3. The van der Waals surface area contributed by atoms with Gasteiger partial charge in [-0.1, -0.05) is 12.1 Å². The molecule has 0 saturated carbocycles. The summed E-state index contributed by atoms with van der Waals surface area (Å²) < 4.78 is 19.9. The summed E-state index contributed by atoms with van der Waals surface area (Å²) in [6.45, 7) is 7.39. The molecule has 0 saturated heterocycles. The molecule has 0 radical (unpaired) electrons. The number of allylic oxidation sites excluding steroid dienone is 1. The number of urea groups is 1. The monoisotopic (exact) mass is 337 g/mol. The molecule has 1 aromatic carbocycles. The number of carbonyl (C=O) groups is 1. The van der Waals surface area contributed by atoms with Gasteiger partial charge in [0.1, 0.15) is 12.4 Å². The summed E-state index contributed by atoms with van der Waals surface area (Å²) in [5, 5.41) is 0.726. The molecule has 8 heteroatoms. The lowest BCUT2D eigenvalue weighted by Gasteiger charge is -2.20. The molecule has 0 atom stereocenters. The molecule has 0 fully saturated rings. The van der Waals surface area contributed by atoms with Gasteiger partial charge in [0.25, 0.3) is 0 Å². The third-order valence-electron chi connectivity index (χ3n) is 3.19. The number of nitrogens with two attached hydrogens (primary N) is 2. The molecule has 1 rings (SSSR count). The van der Waals surface area contributed by atoms with Gasteiger partial charge in [0.2, 0.25) is 5.90 Å². The first-order chi connectivity index (χ1) is 11.3. The van der Waals surface area contributed by atoms with Crippen molar-refractivity contribution in [2.24, 2.45) is 16.7 Å². The van der Waals surface area contributed by atoms with Gasteiger partial charge in [0.15, 0.2) is 0 Å². The molecule has 0 aliphatic carbocycles. The Balaban J connectivity index is 3.12. The predicted molar refractivity (Wildman–Crippen MR) is 92.6 cm³/mol. The van der Waals surface area contributed by atoms with Crippen LogP contribution in [0, 0.1) is 5.82 Å². The Labute approximate surface area is 141 Å². The second kappa shape index (κ2) is 8.99. The minimum atomic E-state index is -0.775. The molecule has 7 nitrogen and oxygen atoms in total. The van der Waals surface area contributed by atoms with Gasteiger partial charge < -0.3 is 4.74 Å². The molecule has 0 aliphatic heterocycles. The molecule has 0 unspecified atom stereocenters. The van der Waals surface area contributed by atoms with Crippen LogP contribution in [0.15, 0.2) is 34.8 Å². The number of benzene rings is 1. The van der Waals surface area contributed by atoms with Crippen LogP contribution >= 0.6 is 0 Å². The van der Waals surface area contributed by atoms with Crippen LogP contribution in [0.3, 0.4) is 0 Å². The largest absolute Gasteiger partial charge is 0.473 e. The van der Waals surface area contributed by atoms with Crippen LogP contribution in [-0.4, -0.2) is 18.0 Å². The number of hydrogen-bond acceptors (Lipinski definition) is 5. The van der Waals surface area contributed by atoms with Gasteiger partial charge in [-0.2, -0.15) is 0 Å². The molecule has 5 N–H and O–H groups in total. The van der Waals surface area contributed by atoms with Gasteiger partial charge >= 0.3 is 6.03 Å². The predicted octanol–water partition coefficient (Wildman–Crippen LogP) is 2.38. The summed E-state index contributed by atoms with van der Waals surface area (Å²) in [4.78, 5) is 16.0. The summed E-state index contributed by atoms with van der Waals surface area (Å²) >= 11 is 0. The van der Waals surface area contributed by atoms with Crippen molar-refractivity contribution >= 4 is 17.6 Å². The van der Waals surface area contributed by atoms with E-state index in [1.165, 1.54) is 18.2 Å². The van der Waals surface area contributed by atoms with Crippen LogP contribution in [0.4, 0.5) is 14.9 Å². The van der Waals surface area contributed by atoms with E-state index in [0.717, 1.165) is 10.6 Å². The SMILES string of the molecule is C/C=C(/C)C(=NC(C)C)OCc1c(F)cccc1N(N)C(=O)NN. The molecular formula is C16H24FN5O2. The highest BCUT2D eigenvalue weighted by atomic mass is 19.1. The maximum absolute atomic E-state index is 14.2. The standard InChI is InChI=1S/C16H24FN5O2/c1-5-11(4)15(20-10(2)3)24-9-12-13(17)7-6-8-14(12)22(19)16(23)21-18/h5-8,10H,9,18-19H2,1-4H3,(H,21,23)/b11-5-,20-15?. The number of aliphatic imine (C=N–C) groups is 1. The van der Waals surface area contributed by atoms with Crippen molar-refractivity contribution in [3.05, 3.63) is 41.2 Å². The van der Waals surface area contributed by atoms with Crippen molar-refractivity contribution in [3.8, 4) is 0 Å². The minimum Gasteiger partial charge on any atom is -0.473 e. The van der Waals surface area contributed by atoms with Crippen LogP contribution in [0.2, 0.25) is 0 Å². The topological polar surface area (TPSA) is 106 Å². The Bertz CT molecular complexity index is 643. The Kier molecular flexibility index (Phi) is 7.34. The molecule has 1 aromatic rings. The third kappa shape index (κ3) is 5.04. The highest BCUT2D eigenvalue weighted by molar-refractivity contribution is 5.93. The number of amides is 2. The number of nitrogens with zero attached hydrogens (tertiary/aromatic N) is 2. The van der Waals surface area contributed by atoms with Gasteiger partial charge in [-0.3, -0.25) is 5.43 Å². The summed E-state index contributed by atoms with van der Waals surface area (Å²) in [5.41, 5.74) is 3.00. The Morgan fingerprint density at radius 3 is 2.71 bits per heavy atom. The van der Waals surface area contributed by atoms with Crippen molar-refractivity contribution in [3.63, 3.8) is 0 Å². The third-order valence-corrected chi connectivity index (χ3v) is 3.19. The van der Waals surface area contributed by atoms with E-state index >= 15 is 0 Å². The highest BCUT2D eigenvalue weighted by Gasteiger charge is 2.18. The van der Waals surface area contributed by atoms with E-state index in [4.69, 9.17) is 16.4 Å². The van der Waals surface area contributed by atoms with Gasteiger partial charge in [-0.25, -0.2) is 30.9 Å². The average Bonchev–Trinajstić information content (AvgIpc) is 2.56. The van der Waals surface area contributed by atoms with Gasteiger partial charge in [0, 0.05) is 11.6 Å². The van der Waals surface area contributed by atoms with Crippen LogP contribution < -0.4 is 22.1 Å². The number of ether oxygens (including phenoxy) is 1. The molecule has 2 amide bonds. The Morgan fingerprint density at radius 2 is 2.17 bits per heavy atom. The van der Waals surface area contributed by atoms with E-state index in [-0.39, 0.29) is 23.9 Å². The second-order valence-corrected chi connectivity index (χ2v) is 5.35. The summed E-state index contributed by atoms with van der Waals surface area (Å²) in [6, 6.07) is 3.45. The van der Waals surface area contributed by atoms with Gasteiger partial charge in [-0.05, 0) is 39.8 Å². The van der Waals surface area contributed by atoms with Crippen molar-refractivity contribution < 1.29 is 13.9 Å². The number of carbonyl (C=O) groups excluding carboxylic acids is 1. The first-order valence-electron chi connectivity index (χ1n) is 7.48. The van der Waals surface area contributed by atoms with Crippen LogP contribution in [-0.2, 0) is 11.3 Å². The van der Waals surface area contributed by atoms with Crippen molar-refractivity contribution in [1.29, 1.82) is 0 Å². The first-order valence-corrected chi connectivity index (χ1v) is 7.48. The van der Waals surface area contributed by atoms with Crippen LogP contribution in [0.25, 0.3) is 0 Å². The lowest BCUT2D eigenvalue weighted by Crippen LogP contribution is -2.48. The number of halogens is 1. The number of anilines is 1. The minimum absolute atomic E-state index is 0.0176. The maximum Gasteiger partial charge on any atom is 0.350 e. The summed E-state index contributed by atoms with van der Waals surface area (Å²) in [7, 11) is 0. The maximum atomic E-state index is 14.2. The quantitative estimate of drug-likeness (QED) is 0.252. The van der Waals surface area contributed by atoms with E-state index in [1.54, 1.807) is 0 Å². The fourth-order valence-corrected chi connectivity index (χ4v) is 1.85. The average molecular weight is 337 g/mol. The van der Waals surface area contributed by atoms with E-state index < -0.39 is 11.8 Å². The number of rotatable bonds is 5. The van der Waals surface area contributed by atoms with Crippen LogP contribution in [0.5, 0.6) is 0 Å². The van der Waals surface area contributed by atoms with Gasteiger partial charge in [-0.15, -0.1) is 0 Å².